The van der Waals surface area contributed by atoms with Crippen LogP contribution in [-0.4, -0.2) is 21.3 Å². The molecule has 7 heteroatoms. The lowest BCUT2D eigenvalue weighted by Crippen LogP contribution is -2.41. The molecule has 1 aliphatic rings. The molecule has 0 N–H and O–H groups in total. The molecule has 0 amide bonds. The van der Waals surface area contributed by atoms with Crippen molar-refractivity contribution in [3.05, 3.63) is 112 Å². The number of rotatable bonds is 4. The largest absolute Gasteiger partial charge is 0.571 e. The summed E-state index contributed by atoms with van der Waals surface area (Å²) in [7, 11) is 0. The minimum atomic E-state index is -0.419. The Bertz CT molecular complexity index is 1330. The summed E-state index contributed by atoms with van der Waals surface area (Å²) in [6.07, 6.45) is 0.470. The predicted octanol–water partition coefficient (Wildman–Crippen LogP) is 3.34. The maximum Gasteiger partial charge on any atom is 0.220 e. The van der Waals surface area contributed by atoms with Gasteiger partial charge in [-0.25, -0.2) is 4.39 Å². The van der Waals surface area contributed by atoms with Gasteiger partial charge in [0.25, 0.3) is 0 Å². The molecular weight excluding hydrogens is 397 g/mol. The number of fused-ring (bicyclic) bond motifs is 2. The third-order valence-corrected chi connectivity index (χ3v) is 5.46. The molecular formula is C24H16FN3O3. The molecule has 0 fully saturated rings. The molecule has 6 nitrogen and oxygen atoms in total. The molecule has 1 aliphatic carbocycles. The van der Waals surface area contributed by atoms with Crippen molar-refractivity contribution in [2.24, 2.45) is 0 Å². The first-order chi connectivity index (χ1) is 15.0. The average Bonchev–Trinajstić information content (AvgIpc) is 3.13. The lowest BCUT2D eigenvalue weighted by molar-refractivity contribution is -0.749. The van der Waals surface area contributed by atoms with Gasteiger partial charge in [0.2, 0.25) is 17.3 Å². The molecule has 31 heavy (non-hydrogen) atoms. The number of hydrogen-bond acceptors (Lipinski definition) is 4. The van der Waals surface area contributed by atoms with E-state index in [4.69, 9.17) is 0 Å². The van der Waals surface area contributed by atoms with Crippen molar-refractivity contribution in [3.63, 3.8) is 0 Å². The zero-order chi connectivity index (χ0) is 21.5. The van der Waals surface area contributed by atoms with Gasteiger partial charge in [0.05, 0.1) is 6.54 Å². The highest BCUT2D eigenvalue weighted by atomic mass is 19.1. The van der Waals surface area contributed by atoms with Crippen LogP contribution in [0, 0.1) is 11.0 Å². The van der Waals surface area contributed by atoms with Crippen LogP contribution in [0.4, 0.5) is 4.39 Å². The molecule has 3 aromatic carbocycles. The Hall–Kier alpha value is -4.13. The Kier molecular flexibility index (Phi) is 4.43. The maximum absolute atomic E-state index is 13.1. The number of halogens is 1. The number of aromatic nitrogens is 3. The van der Waals surface area contributed by atoms with Crippen LogP contribution < -0.4 is 4.96 Å². The molecule has 0 unspecified atom stereocenters. The zero-order valence-electron chi connectivity index (χ0n) is 16.3. The van der Waals surface area contributed by atoms with Crippen molar-refractivity contribution in [3.8, 4) is 11.1 Å². The standard InChI is InChI=1S/C24H16FN3O3/c25-18-11-9-17(10-12-18)16-7-5-15(6-8-16)13-14-27-22-21(26-28(27)31)23(29)19-3-1-2-4-20(19)24(22)30/h1-12H,13-14H2. The Labute approximate surface area is 176 Å². The van der Waals surface area contributed by atoms with Crippen LogP contribution in [0.1, 0.15) is 37.7 Å². The summed E-state index contributed by atoms with van der Waals surface area (Å²) in [6.45, 7) is 0.197. The smallest absolute Gasteiger partial charge is 0.220 e. The summed E-state index contributed by atoms with van der Waals surface area (Å²) >= 11 is 0. The molecule has 0 aliphatic heterocycles. The number of hydrogen-bond donors (Lipinski definition) is 0. The van der Waals surface area contributed by atoms with E-state index in [-0.39, 0.29) is 40.7 Å². The van der Waals surface area contributed by atoms with E-state index in [1.54, 1.807) is 36.4 Å². The zero-order valence-corrected chi connectivity index (χ0v) is 16.3. The molecule has 0 saturated carbocycles. The SMILES string of the molecule is O=C1c2ccccc2C(=O)c2c1n[n+]([O-])n2CCc1ccc(-c2ccc(F)cc2)cc1. The van der Waals surface area contributed by atoms with Crippen LogP contribution in [0.3, 0.4) is 0 Å². The van der Waals surface area contributed by atoms with E-state index in [9.17, 15) is 19.2 Å². The van der Waals surface area contributed by atoms with Crippen molar-refractivity contribution in [2.45, 2.75) is 13.0 Å². The van der Waals surface area contributed by atoms with E-state index >= 15 is 0 Å². The number of carbonyl (C=O) groups is 2. The van der Waals surface area contributed by atoms with Gasteiger partial charge in [0.1, 0.15) is 5.82 Å². The van der Waals surface area contributed by atoms with Gasteiger partial charge in [0, 0.05) is 21.2 Å². The fourth-order valence-electron chi connectivity index (χ4n) is 3.85. The van der Waals surface area contributed by atoms with Crippen molar-refractivity contribution >= 4 is 11.6 Å². The number of nitrogens with zero attached hydrogens (tertiary/aromatic N) is 3. The second-order valence-electron chi connectivity index (χ2n) is 7.33. The third-order valence-electron chi connectivity index (χ3n) is 5.46. The van der Waals surface area contributed by atoms with Gasteiger partial charge in [-0.2, -0.15) is 0 Å². The van der Waals surface area contributed by atoms with Gasteiger partial charge in [-0.1, -0.05) is 60.7 Å². The van der Waals surface area contributed by atoms with Crippen molar-refractivity contribution < 1.29 is 18.9 Å². The second-order valence-corrected chi connectivity index (χ2v) is 7.33. The topological polar surface area (TPSA) is 78.9 Å². The van der Waals surface area contributed by atoms with Crippen LogP contribution >= 0.6 is 0 Å². The predicted molar refractivity (Wildman–Crippen MR) is 110 cm³/mol. The van der Waals surface area contributed by atoms with E-state index < -0.39 is 5.78 Å². The molecule has 0 spiro atoms. The molecule has 4 aromatic rings. The summed E-state index contributed by atoms with van der Waals surface area (Å²) in [5.74, 6) is -1.08. The fourth-order valence-corrected chi connectivity index (χ4v) is 3.85. The van der Waals surface area contributed by atoms with Crippen molar-refractivity contribution in [1.29, 1.82) is 0 Å². The van der Waals surface area contributed by atoms with Gasteiger partial charge in [-0.05, 0) is 35.2 Å². The van der Waals surface area contributed by atoms with E-state index in [1.165, 1.54) is 16.8 Å². The molecule has 0 radical (unpaired) electrons. The van der Waals surface area contributed by atoms with Gasteiger partial charge < -0.3 is 5.21 Å². The summed E-state index contributed by atoms with van der Waals surface area (Å²) < 4.78 is 14.3. The van der Waals surface area contributed by atoms with Gasteiger partial charge in [0.15, 0.2) is 5.69 Å². The number of ketones is 2. The quantitative estimate of drug-likeness (QED) is 0.334. The summed E-state index contributed by atoms with van der Waals surface area (Å²) in [5, 5.41) is 16.1. The summed E-state index contributed by atoms with van der Waals surface area (Å²) in [5.41, 5.74) is 3.26. The van der Waals surface area contributed by atoms with Crippen LogP contribution in [0.25, 0.3) is 11.1 Å². The van der Waals surface area contributed by atoms with Crippen molar-refractivity contribution in [2.75, 3.05) is 0 Å². The van der Waals surface area contributed by atoms with Crippen LogP contribution in [0.2, 0.25) is 0 Å². The summed E-state index contributed by atoms with van der Waals surface area (Å²) in [6, 6.07) is 20.4. The molecule has 5 rings (SSSR count). The highest BCUT2D eigenvalue weighted by Crippen LogP contribution is 2.25. The monoisotopic (exact) mass is 413 g/mol. The molecule has 0 saturated heterocycles. The van der Waals surface area contributed by atoms with E-state index in [0.717, 1.165) is 16.7 Å². The Balaban J connectivity index is 1.39. The third kappa shape index (κ3) is 3.20. The molecule has 0 bridgehead atoms. The molecule has 0 atom stereocenters. The minimum absolute atomic E-state index is 0.0293. The fraction of sp³-hybridized carbons (Fsp3) is 0.0833. The minimum Gasteiger partial charge on any atom is -0.571 e. The van der Waals surface area contributed by atoms with E-state index in [2.05, 4.69) is 5.10 Å². The number of benzene rings is 3. The molecule has 1 heterocycles. The Morgan fingerprint density at radius 1 is 0.839 bits per heavy atom. The lowest BCUT2D eigenvalue weighted by atomic mass is 9.90. The molecule has 1 aromatic heterocycles. The number of carbonyl (C=O) groups excluding carboxylic acids is 2. The molecule has 152 valence electrons. The summed E-state index contributed by atoms with van der Waals surface area (Å²) in [4.78, 5) is 25.9. The Morgan fingerprint density at radius 3 is 2.06 bits per heavy atom. The first-order valence-corrected chi connectivity index (χ1v) is 9.77. The highest BCUT2D eigenvalue weighted by Gasteiger charge is 2.38. The lowest BCUT2D eigenvalue weighted by Gasteiger charge is -2.12. The first kappa shape index (κ1) is 18.9. The normalized spacial score (nSPS) is 12.5. The van der Waals surface area contributed by atoms with Crippen LogP contribution in [-0.2, 0) is 13.0 Å². The van der Waals surface area contributed by atoms with E-state index in [0.29, 0.717) is 11.4 Å². The average molecular weight is 413 g/mol. The van der Waals surface area contributed by atoms with Gasteiger partial charge in [-0.3, -0.25) is 9.59 Å². The van der Waals surface area contributed by atoms with Gasteiger partial charge in [-0.15, -0.1) is 4.68 Å². The highest BCUT2D eigenvalue weighted by molar-refractivity contribution is 6.26. The first-order valence-electron chi connectivity index (χ1n) is 9.77. The van der Waals surface area contributed by atoms with Crippen LogP contribution in [0.5, 0.6) is 0 Å². The number of aryl methyl sites for hydroxylation is 1. The van der Waals surface area contributed by atoms with E-state index in [1.807, 2.05) is 24.3 Å². The second kappa shape index (κ2) is 7.28. The van der Waals surface area contributed by atoms with Crippen LogP contribution in [0.15, 0.2) is 72.8 Å². The maximum atomic E-state index is 13.1. The van der Waals surface area contributed by atoms with Crippen molar-refractivity contribution in [1.82, 2.24) is 9.78 Å². The Morgan fingerprint density at radius 2 is 1.42 bits per heavy atom. The van der Waals surface area contributed by atoms with Gasteiger partial charge >= 0.3 is 0 Å².